The molecule has 0 radical (unpaired) electrons. The number of nitrogens with one attached hydrogen (secondary N) is 1. The van der Waals surface area contributed by atoms with Gasteiger partial charge in [0.15, 0.2) is 0 Å². The van der Waals surface area contributed by atoms with E-state index in [2.05, 4.69) is 5.32 Å². The first-order valence-corrected chi connectivity index (χ1v) is 8.70. The maximum Gasteiger partial charge on any atom is 0.255 e. The minimum atomic E-state index is -3.52. The highest BCUT2D eigenvalue weighted by Gasteiger charge is 2.17. The van der Waals surface area contributed by atoms with E-state index in [1.165, 1.54) is 38.4 Å². The van der Waals surface area contributed by atoms with Gasteiger partial charge in [-0.2, -0.15) is 0 Å². The largest absolute Gasteiger partial charge is 0.322 e. The number of anilines is 1. The zero-order valence-electron chi connectivity index (χ0n) is 12.4. The van der Waals surface area contributed by atoms with Gasteiger partial charge in [-0.05, 0) is 42.5 Å². The normalized spacial score (nSPS) is 11.5. The van der Waals surface area contributed by atoms with E-state index in [0.717, 1.165) is 4.31 Å². The monoisotopic (exact) mass is 372 g/mol. The molecule has 0 heterocycles. The van der Waals surface area contributed by atoms with Crippen molar-refractivity contribution in [3.63, 3.8) is 0 Å². The van der Waals surface area contributed by atoms with Crippen LogP contribution in [0.25, 0.3) is 0 Å². The summed E-state index contributed by atoms with van der Waals surface area (Å²) in [4.78, 5) is 12.3. The van der Waals surface area contributed by atoms with Gasteiger partial charge in [0.2, 0.25) is 10.0 Å². The standard InChI is InChI=1S/C15H14Cl2N2O3S/c1-19(2)23(21,22)14-5-3-10(4-6-14)15(20)18-13-8-11(16)7-12(17)9-13/h3-9H,1-2H3,(H,18,20). The smallest absolute Gasteiger partial charge is 0.255 e. The summed E-state index contributed by atoms with van der Waals surface area (Å²) in [5.74, 6) is -0.392. The zero-order chi connectivity index (χ0) is 17.2. The topological polar surface area (TPSA) is 66.5 Å². The minimum Gasteiger partial charge on any atom is -0.322 e. The molecule has 2 aromatic rings. The van der Waals surface area contributed by atoms with Crippen LogP contribution in [0.15, 0.2) is 47.4 Å². The molecule has 0 aliphatic heterocycles. The molecule has 5 nitrogen and oxygen atoms in total. The third kappa shape index (κ3) is 4.23. The van der Waals surface area contributed by atoms with E-state index >= 15 is 0 Å². The van der Waals surface area contributed by atoms with E-state index in [-0.39, 0.29) is 4.90 Å². The van der Waals surface area contributed by atoms with Gasteiger partial charge in [-0.3, -0.25) is 4.79 Å². The second kappa shape index (κ2) is 6.88. The number of hydrogen-bond acceptors (Lipinski definition) is 3. The van der Waals surface area contributed by atoms with Crippen LogP contribution in [0.1, 0.15) is 10.4 Å². The predicted octanol–water partition coefficient (Wildman–Crippen LogP) is 3.50. The molecular weight excluding hydrogens is 359 g/mol. The lowest BCUT2D eigenvalue weighted by atomic mass is 10.2. The zero-order valence-corrected chi connectivity index (χ0v) is 14.7. The van der Waals surface area contributed by atoms with Crippen molar-refractivity contribution in [1.82, 2.24) is 4.31 Å². The van der Waals surface area contributed by atoms with Crippen LogP contribution in [-0.2, 0) is 10.0 Å². The number of halogens is 2. The highest BCUT2D eigenvalue weighted by molar-refractivity contribution is 7.89. The second-order valence-electron chi connectivity index (χ2n) is 4.92. The SMILES string of the molecule is CN(C)S(=O)(=O)c1ccc(C(=O)Nc2cc(Cl)cc(Cl)c2)cc1. The molecule has 2 aromatic carbocycles. The van der Waals surface area contributed by atoms with Gasteiger partial charge in [-0.15, -0.1) is 0 Å². The Morgan fingerprint density at radius 2 is 1.52 bits per heavy atom. The summed E-state index contributed by atoms with van der Waals surface area (Å²) in [5.41, 5.74) is 0.774. The number of hydrogen-bond donors (Lipinski definition) is 1. The molecule has 0 aliphatic carbocycles. The Labute approximate surface area is 144 Å². The third-order valence-corrected chi connectivity index (χ3v) is 5.28. The average molecular weight is 373 g/mol. The van der Waals surface area contributed by atoms with Crippen molar-refractivity contribution < 1.29 is 13.2 Å². The Kier molecular flexibility index (Phi) is 5.31. The molecule has 0 spiro atoms. The van der Waals surface area contributed by atoms with Crippen LogP contribution < -0.4 is 5.32 Å². The van der Waals surface area contributed by atoms with Crippen molar-refractivity contribution in [2.24, 2.45) is 0 Å². The number of carbonyl (C=O) groups excluding carboxylic acids is 1. The van der Waals surface area contributed by atoms with Gasteiger partial charge in [0, 0.05) is 35.4 Å². The molecule has 8 heteroatoms. The van der Waals surface area contributed by atoms with Crippen LogP contribution in [0.3, 0.4) is 0 Å². The summed E-state index contributed by atoms with van der Waals surface area (Å²) >= 11 is 11.7. The highest BCUT2D eigenvalue weighted by Crippen LogP contribution is 2.23. The van der Waals surface area contributed by atoms with E-state index in [1.807, 2.05) is 0 Å². The van der Waals surface area contributed by atoms with Crippen LogP contribution in [-0.4, -0.2) is 32.7 Å². The minimum absolute atomic E-state index is 0.116. The van der Waals surface area contributed by atoms with Crippen molar-refractivity contribution in [3.8, 4) is 0 Å². The lowest BCUT2D eigenvalue weighted by molar-refractivity contribution is 0.102. The molecule has 1 amide bonds. The van der Waals surface area contributed by atoms with Gasteiger partial charge in [0.05, 0.1) is 4.90 Å². The van der Waals surface area contributed by atoms with Crippen LogP contribution in [0.2, 0.25) is 10.0 Å². The first-order chi connectivity index (χ1) is 10.7. The van der Waals surface area contributed by atoms with Crippen LogP contribution in [0, 0.1) is 0 Å². The van der Waals surface area contributed by atoms with Gasteiger partial charge < -0.3 is 5.32 Å². The molecule has 0 aliphatic rings. The van der Waals surface area contributed by atoms with Crippen molar-refractivity contribution >= 4 is 44.8 Å². The first-order valence-electron chi connectivity index (χ1n) is 6.50. The number of sulfonamides is 1. The molecule has 0 saturated heterocycles. The summed E-state index contributed by atoms with van der Waals surface area (Å²) in [6.07, 6.45) is 0. The quantitative estimate of drug-likeness (QED) is 0.892. The molecule has 0 fully saturated rings. The van der Waals surface area contributed by atoms with E-state index in [9.17, 15) is 13.2 Å². The van der Waals surface area contributed by atoms with Crippen LogP contribution in [0.4, 0.5) is 5.69 Å². The Morgan fingerprint density at radius 1 is 1.00 bits per heavy atom. The number of benzene rings is 2. The average Bonchev–Trinajstić information content (AvgIpc) is 2.46. The molecule has 23 heavy (non-hydrogen) atoms. The molecule has 0 saturated carbocycles. The number of amides is 1. The Bertz CT molecular complexity index is 814. The summed E-state index contributed by atoms with van der Waals surface area (Å²) in [6.45, 7) is 0. The Balaban J connectivity index is 2.21. The fourth-order valence-corrected chi connectivity index (χ4v) is 3.25. The molecular formula is C15H14Cl2N2O3S. The predicted molar refractivity (Wildman–Crippen MR) is 91.7 cm³/mol. The van der Waals surface area contributed by atoms with Gasteiger partial charge in [0.25, 0.3) is 5.91 Å². The Hall–Kier alpha value is -1.60. The number of rotatable bonds is 4. The summed E-state index contributed by atoms with van der Waals surface area (Å²) in [7, 11) is -0.636. The molecule has 2 rings (SSSR count). The van der Waals surface area contributed by atoms with Crippen molar-refractivity contribution in [3.05, 3.63) is 58.1 Å². The second-order valence-corrected chi connectivity index (χ2v) is 7.95. The van der Waals surface area contributed by atoms with Gasteiger partial charge in [0.1, 0.15) is 0 Å². The summed E-state index contributed by atoms with van der Waals surface area (Å²) in [5, 5.41) is 3.46. The van der Waals surface area contributed by atoms with E-state index in [1.54, 1.807) is 18.2 Å². The molecule has 1 N–H and O–H groups in total. The van der Waals surface area contributed by atoms with Gasteiger partial charge >= 0.3 is 0 Å². The van der Waals surface area contributed by atoms with Crippen molar-refractivity contribution in [1.29, 1.82) is 0 Å². The fourth-order valence-electron chi connectivity index (χ4n) is 1.82. The first kappa shape index (κ1) is 17.7. The summed E-state index contributed by atoms with van der Waals surface area (Å²) in [6, 6.07) is 10.3. The van der Waals surface area contributed by atoms with Gasteiger partial charge in [-0.1, -0.05) is 23.2 Å². The fraction of sp³-hybridized carbons (Fsp3) is 0.133. The lowest BCUT2D eigenvalue weighted by Gasteiger charge is -2.11. The van der Waals surface area contributed by atoms with Gasteiger partial charge in [-0.25, -0.2) is 12.7 Å². The Morgan fingerprint density at radius 3 is 2.00 bits per heavy atom. The molecule has 122 valence electrons. The van der Waals surface area contributed by atoms with Crippen molar-refractivity contribution in [2.45, 2.75) is 4.90 Å². The summed E-state index contributed by atoms with van der Waals surface area (Å²) < 4.78 is 25.1. The third-order valence-electron chi connectivity index (χ3n) is 3.02. The van der Waals surface area contributed by atoms with E-state index in [4.69, 9.17) is 23.2 Å². The molecule has 0 bridgehead atoms. The lowest BCUT2D eigenvalue weighted by Crippen LogP contribution is -2.22. The number of carbonyl (C=O) groups is 1. The number of nitrogens with zero attached hydrogens (tertiary/aromatic N) is 1. The van der Waals surface area contributed by atoms with Crippen LogP contribution >= 0.6 is 23.2 Å². The maximum atomic E-state index is 12.2. The van der Waals surface area contributed by atoms with Crippen molar-refractivity contribution in [2.75, 3.05) is 19.4 Å². The molecule has 0 aromatic heterocycles. The highest BCUT2D eigenvalue weighted by atomic mass is 35.5. The maximum absolute atomic E-state index is 12.2. The van der Waals surface area contributed by atoms with Crippen LogP contribution in [0.5, 0.6) is 0 Å². The molecule has 0 unspecified atom stereocenters. The molecule has 0 atom stereocenters. The van der Waals surface area contributed by atoms with E-state index in [0.29, 0.717) is 21.3 Å². The van der Waals surface area contributed by atoms with E-state index < -0.39 is 15.9 Å².